The van der Waals surface area contributed by atoms with Gasteiger partial charge in [0.1, 0.15) is 11.0 Å². The molecule has 5 heteroatoms. The van der Waals surface area contributed by atoms with Crippen LogP contribution in [0.2, 0.25) is 0 Å². The Kier molecular flexibility index (Phi) is 5.95. The number of aromatic nitrogens is 2. The lowest BCUT2D eigenvalue weighted by molar-refractivity contribution is 0.612. The quantitative estimate of drug-likeness (QED) is 0.205. The van der Waals surface area contributed by atoms with Gasteiger partial charge in [-0.1, -0.05) is 100 Å². The average molecular weight is 555 g/mol. The second kappa shape index (κ2) is 9.57. The van der Waals surface area contributed by atoms with Crippen molar-refractivity contribution in [2.75, 3.05) is 0 Å². The van der Waals surface area contributed by atoms with Gasteiger partial charge in [-0.05, 0) is 58.7 Å². The molecule has 0 spiro atoms. The fraction of sp³-hybridized carbons (Fsp3) is 0.167. The van der Waals surface area contributed by atoms with Gasteiger partial charge in [0, 0.05) is 10.8 Å². The largest absolute Gasteiger partial charge is 0.435 e. The summed E-state index contributed by atoms with van der Waals surface area (Å²) < 4.78 is 12.6. The van der Waals surface area contributed by atoms with Gasteiger partial charge < -0.3 is 8.83 Å². The summed E-state index contributed by atoms with van der Waals surface area (Å²) in [4.78, 5) is 11.5. The standard InChI is InChI=1S/C36H30N2O2S/c1-35(2,23-11-7-5-8-12-23)25-15-17-27-29(21-25)39-33(37-27)31-19-20-32(41-31)34-38-28-18-16-26(22-30(28)40-34)36(3,4)24-13-9-6-10-14-24/h5-22H,1-4H3. The van der Waals surface area contributed by atoms with Crippen LogP contribution in [0.15, 0.2) is 118 Å². The Morgan fingerprint density at radius 2 is 0.902 bits per heavy atom. The molecule has 0 aliphatic carbocycles. The minimum atomic E-state index is -0.151. The van der Waals surface area contributed by atoms with Gasteiger partial charge in [0.25, 0.3) is 0 Å². The molecule has 0 saturated heterocycles. The number of hydrogen-bond donors (Lipinski definition) is 0. The lowest BCUT2D eigenvalue weighted by Gasteiger charge is -2.25. The Morgan fingerprint density at radius 3 is 1.32 bits per heavy atom. The van der Waals surface area contributed by atoms with Gasteiger partial charge in [-0.2, -0.15) is 0 Å². The molecule has 7 aromatic rings. The Bertz CT molecular complexity index is 1850. The van der Waals surface area contributed by atoms with Crippen molar-refractivity contribution in [1.29, 1.82) is 0 Å². The molecular weight excluding hydrogens is 524 g/mol. The monoisotopic (exact) mass is 554 g/mol. The molecule has 0 bridgehead atoms. The molecule has 4 nitrogen and oxygen atoms in total. The second-order valence-corrected chi connectivity index (χ2v) is 12.6. The highest BCUT2D eigenvalue weighted by atomic mass is 32.1. The van der Waals surface area contributed by atoms with E-state index in [0.717, 1.165) is 32.0 Å². The molecule has 0 saturated carbocycles. The minimum Gasteiger partial charge on any atom is -0.435 e. The van der Waals surface area contributed by atoms with Crippen LogP contribution in [0.1, 0.15) is 49.9 Å². The van der Waals surface area contributed by atoms with Crippen LogP contribution in [0.4, 0.5) is 0 Å². The summed E-state index contributed by atoms with van der Waals surface area (Å²) in [6.07, 6.45) is 0. The Balaban J connectivity index is 1.18. The first-order chi connectivity index (χ1) is 19.8. The van der Waals surface area contributed by atoms with Crippen LogP contribution >= 0.6 is 11.3 Å². The summed E-state index contributed by atoms with van der Waals surface area (Å²) in [6, 6.07) is 37.8. The molecule has 3 heterocycles. The fourth-order valence-corrected chi connectivity index (χ4v) is 6.31. The highest BCUT2D eigenvalue weighted by Crippen LogP contribution is 2.39. The van der Waals surface area contributed by atoms with Crippen LogP contribution in [0, 0.1) is 0 Å². The number of oxazole rings is 2. The molecule has 0 aliphatic rings. The zero-order valence-electron chi connectivity index (χ0n) is 23.5. The van der Waals surface area contributed by atoms with Crippen molar-refractivity contribution < 1.29 is 8.83 Å². The number of hydrogen-bond acceptors (Lipinski definition) is 5. The molecule has 7 rings (SSSR count). The molecule has 0 fully saturated rings. The van der Waals surface area contributed by atoms with E-state index in [0.29, 0.717) is 11.8 Å². The van der Waals surface area contributed by atoms with Gasteiger partial charge in [-0.15, -0.1) is 11.3 Å². The predicted molar refractivity (Wildman–Crippen MR) is 167 cm³/mol. The van der Waals surface area contributed by atoms with E-state index in [2.05, 4.69) is 100 Å². The van der Waals surface area contributed by atoms with E-state index < -0.39 is 0 Å². The van der Waals surface area contributed by atoms with Crippen LogP contribution in [0.25, 0.3) is 43.7 Å². The lowest BCUT2D eigenvalue weighted by Crippen LogP contribution is -2.18. The number of thiophene rings is 1. The Labute approximate surface area is 243 Å². The molecule has 0 N–H and O–H groups in total. The number of fused-ring (bicyclic) bond motifs is 2. The van der Waals surface area contributed by atoms with E-state index in [1.165, 1.54) is 22.3 Å². The summed E-state index contributed by atoms with van der Waals surface area (Å²) in [5.41, 5.74) is 7.85. The van der Waals surface area contributed by atoms with Crippen LogP contribution in [0.5, 0.6) is 0 Å². The summed E-state index contributed by atoms with van der Waals surface area (Å²) in [5, 5.41) is 0. The van der Waals surface area contributed by atoms with E-state index >= 15 is 0 Å². The fourth-order valence-electron chi connectivity index (χ4n) is 5.45. The van der Waals surface area contributed by atoms with Crippen LogP contribution in [-0.4, -0.2) is 9.97 Å². The summed E-state index contributed by atoms with van der Waals surface area (Å²) >= 11 is 1.57. The third kappa shape index (κ3) is 4.47. The molecule has 0 atom stereocenters. The smallest absolute Gasteiger partial charge is 0.237 e. The van der Waals surface area contributed by atoms with Gasteiger partial charge in [0.15, 0.2) is 11.2 Å². The third-order valence-electron chi connectivity index (χ3n) is 8.24. The van der Waals surface area contributed by atoms with Crippen LogP contribution in [0.3, 0.4) is 0 Å². The second-order valence-electron chi connectivity index (χ2n) is 11.5. The number of rotatable bonds is 6. The highest BCUT2D eigenvalue weighted by Gasteiger charge is 2.26. The number of nitrogens with zero attached hydrogens (tertiary/aromatic N) is 2. The minimum absolute atomic E-state index is 0.151. The Hall–Kier alpha value is -4.48. The molecule has 0 radical (unpaired) electrons. The van der Waals surface area contributed by atoms with Crippen molar-refractivity contribution in [3.05, 3.63) is 131 Å². The molecule has 41 heavy (non-hydrogen) atoms. The first-order valence-corrected chi connectivity index (χ1v) is 14.6. The summed E-state index contributed by atoms with van der Waals surface area (Å²) in [7, 11) is 0. The van der Waals surface area contributed by atoms with E-state index in [4.69, 9.17) is 18.8 Å². The maximum absolute atomic E-state index is 6.28. The Morgan fingerprint density at radius 1 is 0.488 bits per heavy atom. The van der Waals surface area contributed by atoms with E-state index in [1.54, 1.807) is 11.3 Å². The van der Waals surface area contributed by atoms with Crippen LogP contribution < -0.4 is 0 Å². The van der Waals surface area contributed by atoms with Gasteiger partial charge >= 0.3 is 0 Å². The molecule has 0 unspecified atom stereocenters. The topological polar surface area (TPSA) is 52.1 Å². The maximum Gasteiger partial charge on any atom is 0.237 e. The first kappa shape index (κ1) is 25.5. The van der Waals surface area contributed by atoms with Crippen molar-refractivity contribution in [2.24, 2.45) is 0 Å². The van der Waals surface area contributed by atoms with E-state index in [-0.39, 0.29) is 10.8 Å². The van der Waals surface area contributed by atoms with Crippen molar-refractivity contribution in [3.8, 4) is 21.5 Å². The lowest BCUT2D eigenvalue weighted by atomic mass is 9.78. The van der Waals surface area contributed by atoms with E-state index in [1.807, 2.05) is 36.4 Å². The SMILES string of the molecule is CC(C)(c1ccccc1)c1ccc2nc(-c3ccc(-c4nc5ccc(C(C)(C)c6ccccc6)cc5o4)s3)oc2c1. The van der Waals surface area contributed by atoms with E-state index in [9.17, 15) is 0 Å². The van der Waals surface area contributed by atoms with Crippen LogP contribution in [-0.2, 0) is 10.8 Å². The molecular formula is C36H30N2O2S. The van der Waals surface area contributed by atoms with Crippen molar-refractivity contribution >= 4 is 33.5 Å². The van der Waals surface area contributed by atoms with Gasteiger partial charge in [-0.3, -0.25) is 0 Å². The van der Waals surface area contributed by atoms with Gasteiger partial charge in [-0.25, -0.2) is 9.97 Å². The number of benzene rings is 4. The molecule has 202 valence electrons. The highest BCUT2D eigenvalue weighted by molar-refractivity contribution is 7.18. The first-order valence-electron chi connectivity index (χ1n) is 13.8. The van der Waals surface area contributed by atoms with Crippen molar-refractivity contribution in [2.45, 2.75) is 38.5 Å². The maximum atomic E-state index is 6.28. The summed E-state index contributed by atoms with van der Waals surface area (Å²) in [5.74, 6) is 1.21. The molecule has 3 aromatic heterocycles. The normalized spacial score (nSPS) is 12.4. The molecule has 4 aromatic carbocycles. The zero-order chi connectivity index (χ0) is 28.2. The molecule has 0 aliphatic heterocycles. The van der Waals surface area contributed by atoms with Crippen molar-refractivity contribution in [1.82, 2.24) is 9.97 Å². The zero-order valence-corrected chi connectivity index (χ0v) is 24.3. The third-order valence-corrected chi connectivity index (χ3v) is 9.30. The molecule has 0 amide bonds. The summed E-state index contributed by atoms with van der Waals surface area (Å²) in [6.45, 7) is 8.94. The van der Waals surface area contributed by atoms with Crippen molar-refractivity contribution in [3.63, 3.8) is 0 Å². The van der Waals surface area contributed by atoms with Gasteiger partial charge in [0.2, 0.25) is 11.8 Å². The average Bonchev–Trinajstić information content (AvgIpc) is 3.75. The predicted octanol–water partition coefficient (Wildman–Crippen LogP) is 10.0. The van der Waals surface area contributed by atoms with Gasteiger partial charge in [0.05, 0.1) is 9.75 Å².